The molecule has 1 fully saturated rings. The molecule has 1 aromatic rings. The maximum absolute atomic E-state index is 12.1. The van der Waals surface area contributed by atoms with E-state index in [0.29, 0.717) is 12.8 Å². The number of methoxy groups -OCH3 is 1. The Labute approximate surface area is 152 Å². The van der Waals surface area contributed by atoms with Crippen LogP contribution in [0.5, 0.6) is 0 Å². The van der Waals surface area contributed by atoms with E-state index in [0.717, 1.165) is 24.8 Å². The Kier molecular flexibility index (Phi) is 7.15. The predicted molar refractivity (Wildman–Crippen MR) is 93.1 cm³/mol. The van der Waals surface area contributed by atoms with Crippen molar-refractivity contribution in [1.82, 2.24) is 5.32 Å². The molecule has 0 heterocycles. The molecule has 142 valence electrons. The molecule has 7 heteroatoms. The summed E-state index contributed by atoms with van der Waals surface area (Å²) in [5.41, 5.74) is -0.652. The molecule has 1 aromatic carbocycles. The molecular formula is C19H25NO6. The number of rotatable bonds is 7. The maximum atomic E-state index is 12.1. The molecule has 26 heavy (non-hydrogen) atoms. The van der Waals surface area contributed by atoms with E-state index in [9.17, 15) is 19.5 Å². The normalized spacial score (nSPS) is 17.0. The highest BCUT2D eigenvalue weighted by Crippen LogP contribution is 2.29. The first-order valence-corrected chi connectivity index (χ1v) is 8.75. The summed E-state index contributed by atoms with van der Waals surface area (Å²) in [6, 6.07) is 8.30. The lowest BCUT2D eigenvalue weighted by molar-refractivity contribution is -0.170. The van der Waals surface area contributed by atoms with Gasteiger partial charge in [0.2, 0.25) is 0 Å². The molecular weight excluding hydrogens is 338 g/mol. The zero-order chi connectivity index (χ0) is 19.0. The van der Waals surface area contributed by atoms with Crippen LogP contribution in [0.25, 0.3) is 0 Å². The third-order valence-electron chi connectivity index (χ3n) is 4.50. The second-order valence-electron chi connectivity index (χ2n) is 6.50. The number of hydrogen-bond acceptors (Lipinski definition) is 6. The summed E-state index contributed by atoms with van der Waals surface area (Å²) in [6.07, 6.45) is 3.41. The first kappa shape index (κ1) is 19.9. The number of esters is 2. The van der Waals surface area contributed by atoms with Gasteiger partial charge in [0.15, 0.2) is 12.2 Å². The van der Waals surface area contributed by atoms with E-state index in [2.05, 4.69) is 5.32 Å². The van der Waals surface area contributed by atoms with E-state index in [1.807, 2.05) is 30.3 Å². The van der Waals surface area contributed by atoms with Crippen LogP contribution in [0, 0.1) is 0 Å². The Balaban J connectivity index is 1.88. The van der Waals surface area contributed by atoms with Gasteiger partial charge in [-0.05, 0) is 31.2 Å². The largest absolute Gasteiger partial charge is 0.467 e. The van der Waals surface area contributed by atoms with Crippen LogP contribution in [0.2, 0.25) is 0 Å². The number of hydrogen-bond donors (Lipinski definition) is 2. The number of nitrogens with one attached hydrogen (secondary N) is 1. The van der Waals surface area contributed by atoms with Crippen LogP contribution in [-0.2, 0) is 30.3 Å². The predicted octanol–water partition coefficient (Wildman–Crippen LogP) is 1.13. The van der Waals surface area contributed by atoms with Gasteiger partial charge >= 0.3 is 11.9 Å². The smallest absolute Gasteiger partial charge is 0.338 e. The molecule has 1 unspecified atom stereocenters. The topological polar surface area (TPSA) is 102 Å². The van der Waals surface area contributed by atoms with Crippen LogP contribution in [0.4, 0.5) is 0 Å². The van der Waals surface area contributed by atoms with Gasteiger partial charge in [0.25, 0.3) is 5.91 Å². The lowest BCUT2D eigenvalue weighted by Gasteiger charge is -2.29. The van der Waals surface area contributed by atoms with Crippen LogP contribution in [0.3, 0.4) is 0 Å². The Bertz CT molecular complexity index is 624. The summed E-state index contributed by atoms with van der Waals surface area (Å²) >= 11 is 0. The molecule has 1 atom stereocenters. The molecule has 2 rings (SSSR count). The zero-order valence-electron chi connectivity index (χ0n) is 14.9. The minimum absolute atomic E-state index is 0.261. The molecule has 0 saturated heterocycles. The quantitative estimate of drug-likeness (QED) is 0.704. The van der Waals surface area contributed by atoms with Crippen molar-refractivity contribution in [3.05, 3.63) is 35.9 Å². The minimum Gasteiger partial charge on any atom is -0.467 e. The zero-order valence-corrected chi connectivity index (χ0v) is 14.9. The van der Waals surface area contributed by atoms with Gasteiger partial charge in [-0.15, -0.1) is 0 Å². The van der Waals surface area contributed by atoms with Gasteiger partial charge in [-0.3, -0.25) is 4.79 Å². The number of benzene rings is 1. The molecule has 7 nitrogen and oxygen atoms in total. The standard InChI is InChI=1S/C19H25NO6/c1-25-17(22)15(12-14-8-4-2-5-9-14)20-16(21)13-26-18(23)19(24)10-6-3-7-11-19/h2,4-5,8-9,15,24H,3,6-7,10-13H2,1H3,(H,20,21). The lowest BCUT2D eigenvalue weighted by Crippen LogP contribution is -2.46. The summed E-state index contributed by atoms with van der Waals surface area (Å²) in [5.74, 6) is -1.99. The molecule has 0 bridgehead atoms. The van der Waals surface area contributed by atoms with E-state index < -0.39 is 36.1 Å². The first-order valence-electron chi connectivity index (χ1n) is 8.75. The van der Waals surface area contributed by atoms with Crippen molar-refractivity contribution in [2.45, 2.75) is 50.2 Å². The summed E-state index contributed by atoms with van der Waals surface area (Å²) in [4.78, 5) is 36.0. The summed E-state index contributed by atoms with van der Waals surface area (Å²) < 4.78 is 9.68. The van der Waals surface area contributed by atoms with Gasteiger partial charge in [0.1, 0.15) is 6.04 Å². The van der Waals surface area contributed by atoms with E-state index >= 15 is 0 Å². The van der Waals surface area contributed by atoms with Crippen molar-refractivity contribution in [3.8, 4) is 0 Å². The average molecular weight is 363 g/mol. The molecule has 1 aliphatic rings. The molecule has 0 spiro atoms. The first-order chi connectivity index (χ1) is 12.4. The fourth-order valence-corrected chi connectivity index (χ4v) is 3.03. The third-order valence-corrected chi connectivity index (χ3v) is 4.50. The van der Waals surface area contributed by atoms with Crippen molar-refractivity contribution in [1.29, 1.82) is 0 Å². The van der Waals surface area contributed by atoms with Gasteiger partial charge < -0.3 is 19.9 Å². The maximum Gasteiger partial charge on any atom is 0.338 e. The van der Waals surface area contributed by atoms with Crippen LogP contribution in [0.15, 0.2) is 30.3 Å². The second-order valence-corrected chi connectivity index (χ2v) is 6.50. The fraction of sp³-hybridized carbons (Fsp3) is 0.526. The van der Waals surface area contributed by atoms with Gasteiger partial charge in [-0.1, -0.05) is 36.8 Å². The molecule has 2 N–H and O–H groups in total. The highest BCUT2D eigenvalue weighted by Gasteiger charge is 2.39. The fourth-order valence-electron chi connectivity index (χ4n) is 3.03. The molecule has 1 aliphatic carbocycles. The van der Waals surface area contributed by atoms with E-state index in [1.165, 1.54) is 7.11 Å². The van der Waals surface area contributed by atoms with Gasteiger partial charge in [-0.25, -0.2) is 9.59 Å². The second kappa shape index (κ2) is 9.33. The monoisotopic (exact) mass is 363 g/mol. The SMILES string of the molecule is COC(=O)C(Cc1ccccc1)NC(=O)COC(=O)C1(O)CCCCC1. The average Bonchev–Trinajstić information content (AvgIpc) is 2.66. The molecule has 1 amide bonds. The van der Waals surface area contributed by atoms with Crippen LogP contribution < -0.4 is 5.32 Å². The van der Waals surface area contributed by atoms with Crippen molar-refractivity contribution >= 4 is 17.8 Å². The molecule has 0 aromatic heterocycles. The Morgan fingerprint density at radius 2 is 1.81 bits per heavy atom. The van der Waals surface area contributed by atoms with Gasteiger partial charge in [-0.2, -0.15) is 0 Å². The Morgan fingerprint density at radius 3 is 2.42 bits per heavy atom. The lowest BCUT2D eigenvalue weighted by atomic mass is 9.85. The number of carbonyl (C=O) groups is 3. The van der Waals surface area contributed by atoms with Gasteiger partial charge in [0, 0.05) is 6.42 Å². The van der Waals surface area contributed by atoms with E-state index in [-0.39, 0.29) is 6.42 Å². The summed E-state index contributed by atoms with van der Waals surface area (Å²) in [6.45, 7) is -0.552. The van der Waals surface area contributed by atoms with E-state index in [1.54, 1.807) is 0 Å². The van der Waals surface area contributed by atoms with Crippen molar-refractivity contribution in [2.24, 2.45) is 0 Å². The Hall–Kier alpha value is -2.41. The van der Waals surface area contributed by atoms with Crippen molar-refractivity contribution in [3.63, 3.8) is 0 Å². The highest BCUT2D eigenvalue weighted by atomic mass is 16.6. The summed E-state index contributed by atoms with van der Waals surface area (Å²) in [7, 11) is 1.24. The minimum atomic E-state index is -1.51. The summed E-state index contributed by atoms with van der Waals surface area (Å²) in [5, 5.41) is 12.8. The number of amides is 1. The molecule has 0 radical (unpaired) electrons. The van der Waals surface area contributed by atoms with Crippen LogP contribution in [-0.4, -0.2) is 48.3 Å². The van der Waals surface area contributed by atoms with Crippen molar-refractivity contribution in [2.75, 3.05) is 13.7 Å². The van der Waals surface area contributed by atoms with Crippen molar-refractivity contribution < 1.29 is 29.0 Å². The van der Waals surface area contributed by atoms with Gasteiger partial charge in [0.05, 0.1) is 7.11 Å². The van der Waals surface area contributed by atoms with E-state index in [4.69, 9.17) is 9.47 Å². The third kappa shape index (κ3) is 5.56. The molecule has 1 saturated carbocycles. The highest BCUT2D eigenvalue weighted by molar-refractivity contribution is 5.87. The number of aliphatic hydroxyl groups is 1. The molecule has 0 aliphatic heterocycles. The number of carbonyl (C=O) groups excluding carboxylic acids is 3. The Morgan fingerprint density at radius 1 is 1.15 bits per heavy atom. The van der Waals surface area contributed by atoms with Crippen LogP contribution in [0.1, 0.15) is 37.7 Å². The number of ether oxygens (including phenoxy) is 2. The van der Waals surface area contributed by atoms with Crippen LogP contribution >= 0.6 is 0 Å².